The second-order valence-electron chi connectivity index (χ2n) is 5.98. The van der Waals surface area contributed by atoms with Crippen LogP contribution in [0, 0.1) is 11.6 Å². The summed E-state index contributed by atoms with van der Waals surface area (Å²) in [5.41, 5.74) is 1.82. The molecule has 1 aliphatic rings. The lowest BCUT2D eigenvalue weighted by molar-refractivity contribution is 0.0341. The average Bonchev–Trinajstić information content (AvgIpc) is 2.60. The van der Waals surface area contributed by atoms with E-state index in [0.29, 0.717) is 11.4 Å². The molecular formula is C18H21F2N3O. The standard InChI is InChI=1S/C18H21F2N3O/c1-13(15-3-4-16(19)17(20)10-15)22-18-5-2-14(11-21-18)12-23-6-8-24-9-7-23/h2-5,10-11,13H,6-9,12H2,1H3,(H,21,22)/t13-/m0/s1. The highest BCUT2D eigenvalue weighted by molar-refractivity contribution is 5.39. The molecule has 6 heteroatoms. The van der Waals surface area contributed by atoms with Crippen LogP contribution in [-0.4, -0.2) is 36.2 Å². The van der Waals surface area contributed by atoms with Crippen molar-refractivity contribution in [2.45, 2.75) is 19.5 Å². The van der Waals surface area contributed by atoms with Crippen LogP contribution < -0.4 is 5.32 Å². The van der Waals surface area contributed by atoms with Gasteiger partial charge in [-0.05, 0) is 36.2 Å². The molecule has 1 atom stereocenters. The molecule has 0 unspecified atom stereocenters. The zero-order chi connectivity index (χ0) is 16.9. The Balaban J connectivity index is 1.59. The van der Waals surface area contributed by atoms with Crippen LogP contribution in [0.2, 0.25) is 0 Å². The molecule has 1 saturated heterocycles. The fourth-order valence-electron chi connectivity index (χ4n) is 2.71. The summed E-state index contributed by atoms with van der Waals surface area (Å²) < 4.78 is 31.7. The minimum absolute atomic E-state index is 0.169. The van der Waals surface area contributed by atoms with Crippen molar-refractivity contribution in [3.8, 4) is 0 Å². The molecule has 3 rings (SSSR count). The highest BCUT2D eigenvalue weighted by Crippen LogP contribution is 2.20. The molecule has 24 heavy (non-hydrogen) atoms. The first-order valence-electron chi connectivity index (χ1n) is 8.08. The van der Waals surface area contributed by atoms with Crippen LogP contribution in [-0.2, 0) is 11.3 Å². The van der Waals surface area contributed by atoms with E-state index in [1.165, 1.54) is 6.07 Å². The normalized spacial score (nSPS) is 16.8. The predicted octanol–water partition coefficient (Wildman–Crippen LogP) is 3.37. The van der Waals surface area contributed by atoms with Gasteiger partial charge in [0.25, 0.3) is 0 Å². The number of rotatable bonds is 5. The molecular weight excluding hydrogens is 312 g/mol. The number of morpholine rings is 1. The Bertz CT molecular complexity index is 672. The van der Waals surface area contributed by atoms with E-state index in [-0.39, 0.29) is 6.04 Å². The predicted molar refractivity (Wildman–Crippen MR) is 88.7 cm³/mol. The van der Waals surface area contributed by atoms with Crippen molar-refractivity contribution in [1.82, 2.24) is 9.88 Å². The Kier molecular flexibility index (Phi) is 5.37. The summed E-state index contributed by atoms with van der Waals surface area (Å²) in [6.07, 6.45) is 1.84. The SMILES string of the molecule is C[C@H](Nc1ccc(CN2CCOCC2)cn1)c1ccc(F)c(F)c1. The van der Waals surface area contributed by atoms with E-state index in [2.05, 4.69) is 15.2 Å². The van der Waals surface area contributed by atoms with Crippen LogP contribution in [0.3, 0.4) is 0 Å². The smallest absolute Gasteiger partial charge is 0.159 e. The quantitative estimate of drug-likeness (QED) is 0.910. The molecule has 1 N–H and O–H groups in total. The Labute approximate surface area is 140 Å². The van der Waals surface area contributed by atoms with Crippen LogP contribution in [0.5, 0.6) is 0 Å². The Morgan fingerprint density at radius 3 is 2.62 bits per heavy atom. The molecule has 0 aliphatic carbocycles. The summed E-state index contributed by atoms with van der Waals surface area (Å²) in [4.78, 5) is 6.74. The highest BCUT2D eigenvalue weighted by atomic mass is 19.2. The van der Waals surface area contributed by atoms with Gasteiger partial charge < -0.3 is 10.1 Å². The molecule has 0 bridgehead atoms. The fourth-order valence-corrected chi connectivity index (χ4v) is 2.71. The maximum atomic E-state index is 13.3. The van der Waals surface area contributed by atoms with Crippen LogP contribution in [0.25, 0.3) is 0 Å². The molecule has 0 saturated carbocycles. The Hall–Kier alpha value is -2.05. The molecule has 1 aliphatic heterocycles. The summed E-state index contributed by atoms with van der Waals surface area (Å²) in [6.45, 7) is 6.17. The second kappa shape index (κ2) is 7.68. The van der Waals surface area contributed by atoms with E-state index in [0.717, 1.165) is 44.5 Å². The van der Waals surface area contributed by atoms with Crippen molar-refractivity contribution in [3.05, 3.63) is 59.3 Å². The minimum atomic E-state index is -0.838. The molecule has 0 amide bonds. The van der Waals surface area contributed by atoms with Gasteiger partial charge in [0.15, 0.2) is 11.6 Å². The van der Waals surface area contributed by atoms with Gasteiger partial charge in [-0.25, -0.2) is 13.8 Å². The first kappa shape index (κ1) is 16.8. The number of hydrogen-bond donors (Lipinski definition) is 1. The minimum Gasteiger partial charge on any atom is -0.379 e. The third kappa shape index (κ3) is 4.27. The Morgan fingerprint density at radius 2 is 1.96 bits per heavy atom. The van der Waals surface area contributed by atoms with E-state index in [9.17, 15) is 8.78 Å². The van der Waals surface area contributed by atoms with Gasteiger partial charge in [0.2, 0.25) is 0 Å². The van der Waals surface area contributed by atoms with E-state index in [1.807, 2.05) is 25.3 Å². The lowest BCUT2D eigenvalue weighted by Crippen LogP contribution is -2.35. The van der Waals surface area contributed by atoms with E-state index >= 15 is 0 Å². The van der Waals surface area contributed by atoms with Gasteiger partial charge in [-0.1, -0.05) is 12.1 Å². The van der Waals surface area contributed by atoms with E-state index in [4.69, 9.17) is 4.74 Å². The number of nitrogens with one attached hydrogen (secondary N) is 1. The van der Waals surface area contributed by atoms with E-state index in [1.54, 1.807) is 6.07 Å². The third-order valence-corrected chi connectivity index (χ3v) is 4.14. The highest BCUT2D eigenvalue weighted by Gasteiger charge is 2.12. The molecule has 2 aromatic rings. The van der Waals surface area contributed by atoms with Crippen LogP contribution in [0.4, 0.5) is 14.6 Å². The number of halogens is 2. The topological polar surface area (TPSA) is 37.4 Å². The summed E-state index contributed by atoms with van der Waals surface area (Å²) >= 11 is 0. The van der Waals surface area contributed by atoms with Crippen molar-refractivity contribution in [2.75, 3.05) is 31.6 Å². The number of pyridine rings is 1. The Morgan fingerprint density at radius 1 is 1.17 bits per heavy atom. The lowest BCUT2D eigenvalue weighted by Gasteiger charge is -2.26. The van der Waals surface area contributed by atoms with Crippen molar-refractivity contribution in [1.29, 1.82) is 0 Å². The first-order valence-corrected chi connectivity index (χ1v) is 8.08. The monoisotopic (exact) mass is 333 g/mol. The largest absolute Gasteiger partial charge is 0.379 e. The van der Waals surface area contributed by atoms with Gasteiger partial charge in [-0.3, -0.25) is 4.90 Å². The third-order valence-electron chi connectivity index (χ3n) is 4.14. The van der Waals surface area contributed by atoms with Crippen LogP contribution in [0.15, 0.2) is 36.5 Å². The molecule has 1 aromatic carbocycles. The zero-order valence-corrected chi connectivity index (χ0v) is 13.6. The number of hydrogen-bond acceptors (Lipinski definition) is 4. The van der Waals surface area contributed by atoms with Crippen molar-refractivity contribution >= 4 is 5.82 Å². The maximum absolute atomic E-state index is 13.3. The fraction of sp³-hybridized carbons (Fsp3) is 0.389. The molecule has 1 aromatic heterocycles. The van der Waals surface area contributed by atoms with E-state index < -0.39 is 11.6 Å². The maximum Gasteiger partial charge on any atom is 0.159 e. The molecule has 128 valence electrons. The van der Waals surface area contributed by atoms with Gasteiger partial charge in [0.05, 0.1) is 19.3 Å². The van der Waals surface area contributed by atoms with Crippen LogP contribution in [0.1, 0.15) is 24.1 Å². The first-order chi connectivity index (χ1) is 11.6. The second-order valence-corrected chi connectivity index (χ2v) is 5.98. The number of anilines is 1. The number of nitrogens with zero attached hydrogens (tertiary/aromatic N) is 2. The molecule has 0 spiro atoms. The summed E-state index contributed by atoms with van der Waals surface area (Å²) in [5.74, 6) is -0.968. The number of aromatic nitrogens is 1. The molecule has 4 nitrogen and oxygen atoms in total. The van der Waals surface area contributed by atoms with Crippen molar-refractivity contribution in [3.63, 3.8) is 0 Å². The summed E-state index contributed by atoms with van der Waals surface area (Å²) in [5, 5.41) is 3.20. The van der Waals surface area contributed by atoms with Gasteiger partial charge in [-0.15, -0.1) is 0 Å². The van der Waals surface area contributed by atoms with Gasteiger partial charge in [0.1, 0.15) is 5.82 Å². The van der Waals surface area contributed by atoms with Gasteiger partial charge in [0, 0.05) is 25.8 Å². The van der Waals surface area contributed by atoms with Gasteiger partial charge >= 0.3 is 0 Å². The lowest BCUT2D eigenvalue weighted by atomic mass is 10.1. The average molecular weight is 333 g/mol. The van der Waals surface area contributed by atoms with Crippen LogP contribution >= 0.6 is 0 Å². The zero-order valence-electron chi connectivity index (χ0n) is 13.6. The number of benzene rings is 1. The number of ether oxygens (including phenoxy) is 1. The summed E-state index contributed by atoms with van der Waals surface area (Å²) in [6, 6.07) is 7.69. The summed E-state index contributed by atoms with van der Waals surface area (Å²) in [7, 11) is 0. The van der Waals surface area contributed by atoms with Gasteiger partial charge in [-0.2, -0.15) is 0 Å². The molecule has 2 heterocycles. The van der Waals surface area contributed by atoms with Crippen molar-refractivity contribution < 1.29 is 13.5 Å². The van der Waals surface area contributed by atoms with Crippen molar-refractivity contribution in [2.24, 2.45) is 0 Å². The molecule has 0 radical (unpaired) electrons. The molecule has 1 fully saturated rings.